The lowest BCUT2D eigenvalue weighted by molar-refractivity contribution is 0.0957. The van der Waals surface area contributed by atoms with Crippen LogP contribution in [0.4, 0.5) is 0 Å². The van der Waals surface area contributed by atoms with Gasteiger partial charge in [0.25, 0.3) is 0 Å². The van der Waals surface area contributed by atoms with Crippen LogP contribution in [0, 0.1) is 0 Å². The number of ketones is 1. The molecule has 4 nitrogen and oxygen atoms in total. The quantitative estimate of drug-likeness (QED) is 0.774. The number of carbonyl (C=O) groups excluding carboxylic acids is 1. The minimum atomic E-state index is -0.542. The molecule has 0 aliphatic carbocycles. The van der Waals surface area contributed by atoms with E-state index in [1.54, 1.807) is 11.6 Å². The third kappa shape index (κ3) is 2.13. The summed E-state index contributed by atoms with van der Waals surface area (Å²) in [4.78, 5) is 11.7. The van der Waals surface area contributed by atoms with Crippen LogP contribution in [-0.4, -0.2) is 21.6 Å². The van der Waals surface area contributed by atoms with Crippen LogP contribution in [0.15, 0.2) is 6.20 Å². The molecule has 0 spiro atoms. The summed E-state index contributed by atoms with van der Waals surface area (Å²) in [6.45, 7) is 4.33. The lowest BCUT2D eigenvalue weighted by atomic mass is 10.1. The minimum Gasteiger partial charge on any atom is -0.321 e. The first-order chi connectivity index (χ1) is 6.57. The normalized spacial score (nSPS) is 12.9. The Morgan fingerprint density at radius 3 is 2.93 bits per heavy atom. The van der Waals surface area contributed by atoms with Gasteiger partial charge in [-0.1, -0.05) is 18.5 Å². The van der Waals surface area contributed by atoms with E-state index in [9.17, 15) is 4.79 Å². The molecule has 14 heavy (non-hydrogen) atoms. The van der Waals surface area contributed by atoms with Crippen LogP contribution < -0.4 is 5.73 Å². The molecular formula is C9H14ClN3O. The Morgan fingerprint density at radius 1 is 1.79 bits per heavy atom. The van der Waals surface area contributed by atoms with Crippen molar-refractivity contribution in [2.45, 2.75) is 32.9 Å². The summed E-state index contributed by atoms with van der Waals surface area (Å²) in [6, 6.07) is -0.542. The van der Waals surface area contributed by atoms with E-state index < -0.39 is 6.04 Å². The molecule has 78 valence electrons. The molecule has 1 atom stereocenters. The van der Waals surface area contributed by atoms with E-state index in [0.717, 1.165) is 6.42 Å². The third-order valence-electron chi connectivity index (χ3n) is 1.88. The smallest absolute Gasteiger partial charge is 0.198 e. The van der Waals surface area contributed by atoms with Crippen molar-refractivity contribution in [2.75, 3.05) is 0 Å². The number of aromatic nitrogens is 2. The molecule has 1 aromatic rings. The van der Waals surface area contributed by atoms with Crippen LogP contribution in [-0.2, 0) is 6.54 Å². The molecule has 0 saturated carbocycles. The van der Waals surface area contributed by atoms with Gasteiger partial charge in [0.15, 0.2) is 5.78 Å². The zero-order valence-electron chi connectivity index (χ0n) is 8.33. The fraction of sp³-hybridized carbons (Fsp3) is 0.556. The number of rotatable bonds is 4. The molecule has 1 unspecified atom stereocenters. The van der Waals surface area contributed by atoms with Crippen molar-refractivity contribution in [1.82, 2.24) is 9.78 Å². The van der Waals surface area contributed by atoms with Gasteiger partial charge in [-0.25, -0.2) is 0 Å². The van der Waals surface area contributed by atoms with E-state index in [1.165, 1.54) is 6.20 Å². The predicted molar refractivity (Wildman–Crippen MR) is 55.5 cm³/mol. The molecule has 0 aromatic carbocycles. The van der Waals surface area contributed by atoms with Crippen LogP contribution in [0.5, 0.6) is 0 Å². The first-order valence-corrected chi connectivity index (χ1v) is 4.96. The number of aryl methyl sites for hydroxylation is 1. The monoisotopic (exact) mass is 215 g/mol. The fourth-order valence-electron chi connectivity index (χ4n) is 1.20. The molecule has 0 aliphatic rings. The highest BCUT2D eigenvalue weighted by atomic mass is 35.5. The molecule has 1 aromatic heterocycles. The Hall–Kier alpha value is -0.870. The van der Waals surface area contributed by atoms with Crippen molar-refractivity contribution < 1.29 is 4.79 Å². The number of halogens is 1. The Balaban J connectivity index is 3.04. The summed E-state index contributed by atoms with van der Waals surface area (Å²) in [5.74, 6) is -0.166. The number of hydrogen-bond acceptors (Lipinski definition) is 3. The summed E-state index contributed by atoms with van der Waals surface area (Å²) in [5, 5.41) is 4.39. The van der Waals surface area contributed by atoms with Gasteiger partial charge >= 0.3 is 0 Å². The lowest BCUT2D eigenvalue weighted by Gasteiger charge is -2.07. The van der Waals surface area contributed by atoms with Crippen LogP contribution in [0.3, 0.4) is 0 Å². The molecular weight excluding hydrogens is 202 g/mol. The predicted octanol–water partition coefficient (Wildman–Crippen LogP) is 1.48. The van der Waals surface area contributed by atoms with Gasteiger partial charge < -0.3 is 5.73 Å². The first-order valence-electron chi connectivity index (χ1n) is 4.59. The SMILES string of the molecule is CCCn1ncc(Cl)c1C(=O)C(C)N. The highest BCUT2D eigenvalue weighted by Gasteiger charge is 2.19. The number of nitrogens with two attached hydrogens (primary N) is 1. The van der Waals surface area contributed by atoms with Crippen LogP contribution >= 0.6 is 11.6 Å². The fourth-order valence-corrected chi connectivity index (χ4v) is 1.44. The highest BCUT2D eigenvalue weighted by molar-refractivity contribution is 6.33. The molecule has 0 fully saturated rings. The molecule has 0 radical (unpaired) electrons. The minimum absolute atomic E-state index is 0.166. The zero-order valence-corrected chi connectivity index (χ0v) is 9.08. The van der Waals surface area contributed by atoms with E-state index in [1.807, 2.05) is 6.92 Å². The molecule has 1 heterocycles. The molecule has 2 N–H and O–H groups in total. The van der Waals surface area contributed by atoms with Crippen LogP contribution in [0.2, 0.25) is 5.02 Å². The maximum absolute atomic E-state index is 11.7. The number of hydrogen-bond donors (Lipinski definition) is 1. The van der Waals surface area contributed by atoms with Gasteiger partial charge in [-0.2, -0.15) is 5.10 Å². The second-order valence-corrected chi connectivity index (χ2v) is 3.62. The van der Waals surface area contributed by atoms with Gasteiger partial charge in [-0.15, -0.1) is 0 Å². The van der Waals surface area contributed by atoms with Gasteiger partial charge in [0.2, 0.25) is 0 Å². The van der Waals surface area contributed by atoms with E-state index >= 15 is 0 Å². The van der Waals surface area contributed by atoms with Gasteiger partial charge in [0.05, 0.1) is 17.3 Å². The lowest BCUT2D eigenvalue weighted by Crippen LogP contribution is -2.29. The molecule has 0 saturated heterocycles. The van der Waals surface area contributed by atoms with Crippen molar-refractivity contribution in [1.29, 1.82) is 0 Å². The number of Topliss-reactive ketones (excluding diaryl/α,β-unsaturated/α-hetero) is 1. The maximum Gasteiger partial charge on any atom is 0.198 e. The molecule has 5 heteroatoms. The average molecular weight is 216 g/mol. The van der Waals surface area contributed by atoms with Crippen molar-refractivity contribution in [2.24, 2.45) is 5.73 Å². The maximum atomic E-state index is 11.7. The Morgan fingerprint density at radius 2 is 2.43 bits per heavy atom. The summed E-state index contributed by atoms with van der Waals surface area (Å²) in [5.41, 5.74) is 5.93. The Labute approximate surface area is 88.0 Å². The van der Waals surface area contributed by atoms with Crippen molar-refractivity contribution in [3.63, 3.8) is 0 Å². The topological polar surface area (TPSA) is 60.9 Å². The van der Waals surface area contributed by atoms with Gasteiger partial charge in [0.1, 0.15) is 5.69 Å². The van der Waals surface area contributed by atoms with Gasteiger partial charge in [-0.05, 0) is 13.3 Å². The number of carbonyl (C=O) groups is 1. The van der Waals surface area contributed by atoms with Crippen molar-refractivity contribution >= 4 is 17.4 Å². The third-order valence-corrected chi connectivity index (χ3v) is 2.15. The number of nitrogens with zero attached hydrogens (tertiary/aromatic N) is 2. The highest BCUT2D eigenvalue weighted by Crippen LogP contribution is 2.16. The van der Waals surface area contributed by atoms with Gasteiger partial charge in [-0.3, -0.25) is 9.48 Å². The summed E-state index contributed by atoms with van der Waals surface area (Å²) < 4.78 is 1.61. The molecule has 0 amide bonds. The van der Waals surface area contributed by atoms with E-state index in [0.29, 0.717) is 17.3 Å². The molecule has 0 bridgehead atoms. The van der Waals surface area contributed by atoms with Crippen LogP contribution in [0.1, 0.15) is 30.8 Å². The summed E-state index contributed by atoms with van der Waals surface area (Å²) in [7, 11) is 0. The first kappa shape index (κ1) is 11.2. The standard InChI is InChI=1S/C9H14ClN3O/c1-3-4-13-8(7(10)5-12-13)9(14)6(2)11/h5-6H,3-4,11H2,1-2H3. The largest absolute Gasteiger partial charge is 0.321 e. The van der Waals surface area contributed by atoms with Crippen LogP contribution in [0.25, 0.3) is 0 Å². The summed E-state index contributed by atoms with van der Waals surface area (Å²) in [6.07, 6.45) is 2.38. The molecule has 0 aliphatic heterocycles. The van der Waals surface area contributed by atoms with E-state index in [-0.39, 0.29) is 5.78 Å². The second-order valence-electron chi connectivity index (χ2n) is 3.22. The van der Waals surface area contributed by atoms with Gasteiger partial charge in [0, 0.05) is 6.54 Å². The summed E-state index contributed by atoms with van der Waals surface area (Å²) >= 11 is 5.86. The van der Waals surface area contributed by atoms with Crippen molar-refractivity contribution in [3.8, 4) is 0 Å². The Kier molecular flexibility index (Phi) is 3.66. The zero-order chi connectivity index (χ0) is 10.7. The molecule has 1 rings (SSSR count). The average Bonchev–Trinajstić information content (AvgIpc) is 2.47. The van der Waals surface area contributed by atoms with E-state index in [4.69, 9.17) is 17.3 Å². The Bertz CT molecular complexity index is 333. The van der Waals surface area contributed by atoms with Crippen molar-refractivity contribution in [3.05, 3.63) is 16.9 Å². The van der Waals surface area contributed by atoms with E-state index in [2.05, 4.69) is 5.10 Å². The second kappa shape index (κ2) is 4.57.